The Morgan fingerprint density at radius 2 is 1.93 bits per heavy atom. The van der Waals surface area contributed by atoms with Gasteiger partial charge in [-0.25, -0.2) is 0 Å². The molecule has 140 valence electrons. The Kier molecular flexibility index (Phi) is 5.07. The quantitative estimate of drug-likeness (QED) is 0.533. The molecule has 0 aliphatic rings. The molecular formula is C19H20N4O4. The number of amides is 1. The highest BCUT2D eigenvalue weighted by molar-refractivity contribution is 5.84. The molecule has 27 heavy (non-hydrogen) atoms. The average Bonchev–Trinajstić information content (AvgIpc) is 2.92. The van der Waals surface area contributed by atoms with E-state index in [1.807, 2.05) is 36.4 Å². The maximum Gasteiger partial charge on any atom is 0.312 e. The van der Waals surface area contributed by atoms with Gasteiger partial charge in [0.1, 0.15) is 23.7 Å². The number of nitrogens with zero attached hydrogens (tertiary/aromatic N) is 3. The number of rotatable bonds is 6. The average molecular weight is 368 g/mol. The molecular weight excluding hydrogens is 348 g/mol. The highest BCUT2D eigenvalue weighted by atomic mass is 16.6. The minimum absolute atomic E-state index is 0.0484. The van der Waals surface area contributed by atoms with Crippen LogP contribution in [0.25, 0.3) is 10.8 Å². The predicted molar refractivity (Wildman–Crippen MR) is 101 cm³/mol. The molecule has 0 aliphatic heterocycles. The molecule has 0 unspecified atom stereocenters. The highest BCUT2D eigenvalue weighted by Gasteiger charge is 2.22. The molecule has 1 N–H and O–H groups in total. The van der Waals surface area contributed by atoms with Crippen molar-refractivity contribution in [1.82, 2.24) is 15.1 Å². The summed E-state index contributed by atoms with van der Waals surface area (Å²) in [6.45, 7) is 3.44. The maximum absolute atomic E-state index is 12.2. The summed E-state index contributed by atoms with van der Waals surface area (Å²) >= 11 is 0. The van der Waals surface area contributed by atoms with Crippen molar-refractivity contribution in [2.24, 2.45) is 0 Å². The standard InChI is InChI=1S/C19H20N4O4/c1-12-19(23(25)26)13(2)22(21-12)11-18(24)20-10-14-4-5-16-9-17(27-3)7-6-15(16)8-14/h4-9H,10-11H2,1-3H3,(H,20,24). The summed E-state index contributed by atoms with van der Waals surface area (Å²) in [5.74, 6) is 0.535. The lowest BCUT2D eigenvalue weighted by atomic mass is 10.1. The molecule has 1 heterocycles. The van der Waals surface area contributed by atoms with Gasteiger partial charge in [0, 0.05) is 6.54 Å². The Bertz CT molecular complexity index is 1030. The number of aryl methyl sites for hydroxylation is 1. The largest absolute Gasteiger partial charge is 0.497 e. The number of hydrogen-bond donors (Lipinski definition) is 1. The minimum Gasteiger partial charge on any atom is -0.497 e. The number of nitro groups is 1. The Morgan fingerprint density at radius 3 is 2.59 bits per heavy atom. The van der Waals surface area contributed by atoms with Gasteiger partial charge in [-0.3, -0.25) is 19.6 Å². The van der Waals surface area contributed by atoms with Gasteiger partial charge in [-0.2, -0.15) is 5.10 Å². The van der Waals surface area contributed by atoms with Gasteiger partial charge in [-0.05, 0) is 48.4 Å². The zero-order valence-corrected chi connectivity index (χ0v) is 15.4. The minimum atomic E-state index is -0.476. The van der Waals surface area contributed by atoms with Crippen molar-refractivity contribution in [2.75, 3.05) is 7.11 Å². The van der Waals surface area contributed by atoms with Gasteiger partial charge in [0.15, 0.2) is 0 Å². The Balaban J connectivity index is 1.66. The molecule has 8 heteroatoms. The lowest BCUT2D eigenvalue weighted by Crippen LogP contribution is -2.28. The SMILES string of the molecule is COc1ccc2cc(CNC(=O)Cn3nc(C)c([N+](=O)[O-])c3C)ccc2c1. The normalized spacial score (nSPS) is 10.8. The first-order chi connectivity index (χ1) is 12.9. The van der Waals surface area contributed by atoms with Crippen molar-refractivity contribution in [3.8, 4) is 5.75 Å². The summed E-state index contributed by atoms with van der Waals surface area (Å²) in [4.78, 5) is 22.8. The summed E-state index contributed by atoms with van der Waals surface area (Å²) in [5, 5.41) is 20.1. The van der Waals surface area contributed by atoms with Crippen molar-refractivity contribution in [3.05, 3.63) is 63.5 Å². The van der Waals surface area contributed by atoms with E-state index in [0.717, 1.165) is 22.1 Å². The van der Waals surface area contributed by atoms with Gasteiger partial charge < -0.3 is 10.1 Å². The molecule has 1 aromatic heterocycles. The van der Waals surface area contributed by atoms with Crippen LogP contribution in [0.15, 0.2) is 36.4 Å². The van der Waals surface area contributed by atoms with Crippen LogP contribution < -0.4 is 10.1 Å². The number of aromatic nitrogens is 2. The fraction of sp³-hybridized carbons (Fsp3) is 0.263. The van der Waals surface area contributed by atoms with E-state index in [-0.39, 0.29) is 18.1 Å². The molecule has 2 aromatic carbocycles. The van der Waals surface area contributed by atoms with E-state index < -0.39 is 4.92 Å². The summed E-state index contributed by atoms with van der Waals surface area (Å²) in [7, 11) is 1.63. The van der Waals surface area contributed by atoms with E-state index in [1.54, 1.807) is 21.0 Å². The zero-order valence-electron chi connectivity index (χ0n) is 15.4. The van der Waals surface area contributed by atoms with E-state index >= 15 is 0 Å². The van der Waals surface area contributed by atoms with E-state index in [1.165, 1.54) is 4.68 Å². The van der Waals surface area contributed by atoms with E-state index in [4.69, 9.17) is 4.74 Å². The van der Waals surface area contributed by atoms with Gasteiger partial charge >= 0.3 is 5.69 Å². The molecule has 0 saturated heterocycles. The van der Waals surface area contributed by atoms with Crippen LogP contribution >= 0.6 is 0 Å². The van der Waals surface area contributed by atoms with Crippen molar-refractivity contribution in [3.63, 3.8) is 0 Å². The summed E-state index contributed by atoms with van der Waals surface area (Å²) < 4.78 is 6.57. The number of benzene rings is 2. The molecule has 0 aliphatic carbocycles. The fourth-order valence-corrected chi connectivity index (χ4v) is 3.01. The van der Waals surface area contributed by atoms with E-state index in [2.05, 4.69) is 10.4 Å². The Morgan fingerprint density at radius 1 is 1.22 bits per heavy atom. The number of hydrogen-bond acceptors (Lipinski definition) is 5. The number of ether oxygens (including phenoxy) is 1. The monoisotopic (exact) mass is 368 g/mol. The van der Waals surface area contributed by atoms with E-state index in [0.29, 0.717) is 17.9 Å². The van der Waals surface area contributed by atoms with Gasteiger partial charge in [0.05, 0.1) is 12.0 Å². The van der Waals surface area contributed by atoms with Crippen molar-refractivity contribution >= 4 is 22.4 Å². The smallest absolute Gasteiger partial charge is 0.312 e. The number of carbonyl (C=O) groups is 1. The van der Waals surface area contributed by atoms with Crippen LogP contribution in [-0.4, -0.2) is 27.7 Å². The maximum atomic E-state index is 12.2. The van der Waals surface area contributed by atoms with Gasteiger partial charge in [-0.1, -0.05) is 18.2 Å². The Hall–Kier alpha value is -3.42. The van der Waals surface area contributed by atoms with Crippen LogP contribution in [0.2, 0.25) is 0 Å². The topological polar surface area (TPSA) is 99.3 Å². The van der Waals surface area contributed by atoms with Crippen LogP contribution in [0.4, 0.5) is 5.69 Å². The molecule has 3 rings (SSSR count). The van der Waals surface area contributed by atoms with Gasteiger partial charge in [-0.15, -0.1) is 0 Å². The van der Waals surface area contributed by atoms with Gasteiger partial charge in [0.25, 0.3) is 0 Å². The highest BCUT2D eigenvalue weighted by Crippen LogP contribution is 2.22. The second-order valence-electron chi connectivity index (χ2n) is 6.26. The third-order valence-electron chi connectivity index (χ3n) is 4.42. The summed E-state index contributed by atoms with van der Waals surface area (Å²) in [6.07, 6.45) is 0. The number of fused-ring (bicyclic) bond motifs is 1. The van der Waals surface area contributed by atoms with Crippen molar-refractivity contribution in [1.29, 1.82) is 0 Å². The van der Waals surface area contributed by atoms with Gasteiger partial charge in [0.2, 0.25) is 5.91 Å². The second-order valence-corrected chi connectivity index (χ2v) is 6.26. The van der Waals surface area contributed by atoms with Crippen molar-refractivity contribution < 1.29 is 14.5 Å². The number of methoxy groups -OCH3 is 1. The molecule has 0 atom stereocenters. The molecule has 3 aromatic rings. The van der Waals surface area contributed by atoms with Crippen LogP contribution in [0.3, 0.4) is 0 Å². The number of carbonyl (C=O) groups excluding carboxylic acids is 1. The zero-order chi connectivity index (χ0) is 19.6. The van der Waals surface area contributed by atoms with E-state index in [9.17, 15) is 14.9 Å². The van der Waals surface area contributed by atoms with Crippen LogP contribution in [0.5, 0.6) is 5.75 Å². The third kappa shape index (κ3) is 3.89. The molecule has 8 nitrogen and oxygen atoms in total. The molecule has 1 amide bonds. The summed E-state index contributed by atoms with van der Waals surface area (Å²) in [5.41, 5.74) is 1.58. The molecule has 0 bridgehead atoms. The van der Waals surface area contributed by atoms with Crippen LogP contribution in [0.1, 0.15) is 17.0 Å². The first-order valence-electron chi connectivity index (χ1n) is 8.41. The molecule has 0 radical (unpaired) electrons. The molecule has 0 spiro atoms. The van der Waals surface area contributed by atoms with Crippen LogP contribution in [-0.2, 0) is 17.9 Å². The number of nitrogens with one attached hydrogen (secondary N) is 1. The fourth-order valence-electron chi connectivity index (χ4n) is 3.01. The third-order valence-corrected chi connectivity index (χ3v) is 4.42. The molecule has 0 saturated carbocycles. The first-order valence-corrected chi connectivity index (χ1v) is 8.41. The van der Waals surface area contributed by atoms with Crippen molar-refractivity contribution in [2.45, 2.75) is 26.9 Å². The lowest BCUT2D eigenvalue weighted by molar-refractivity contribution is -0.386. The second kappa shape index (κ2) is 7.45. The molecule has 0 fully saturated rings. The first kappa shape index (κ1) is 18.4. The lowest BCUT2D eigenvalue weighted by Gasteiger charge is -2.08. The Labute approximate surface area is 155 Å². The summed E-state index contributed by atoms with van der Waals surface area (Å²) in [6, 6.07) is 11.7. The predicted octanol–water partition coefficient (Wildman–Crippen LogP) is 2.89. The van der Waals surface area contributed by atoms with Crippen LogP contribution in [0, 0.1) is 24.0 Å².